The highest BCUT2D eigenvalue weighted by atomic mass is 16.4. The van der Waals surface area contributed by atoms with E-state index in [1.54, 1.807) is 18.3 Å². The molecule has 15 heavy (non-hydrogen) atoms. The second-order valence-corrected chi connectivity index (χ2v) is 2.87. The molecule has 2 aromatic heterocycles. The van der Waals surface area contributed by atoms with E-state index in [0.717, 1.165) is 6.20 Å². The van der Waals surface area contributed by atoms with Crippen LogP contribution in [0.2, 0.25) is 0 Å². The summed E-state index contributed by atoms with van der Waals surface area (Å²) < 4.78 is 0. The Bertz CT molecular complexity index is 542. The zero-order valence-corrected chi connectivity index (χ0v) is 7.52. The lowest BCUT2D eigenvalue weighted by molar-refractivity contribution is 0.0695. The number of aromatic carboxylic acids is 1. The number of carbonyl (C=O) groups is 1. The van der Waals surface area contributed by atoms with Crippen LogP contribution in [0, 0.1) is 0 Å². The number of aromatic amines is 2. The second-order valence-electron chi connectivity index (χ2n) is 2.87. The summed E-state index contributed by atoms with van der Waals surface area (Å²) >= 11 is 0. The Hall–Kier alpha value is -2.37. The average molecular weight is 205 g/mol. The summed E-state index contributed by atoms with van der Waals surface area (Å²) in [6.07, 6.45) is 2.70. The molecule has 0 bridgehead atoms. The summed E-state index contributed by atoms with van der Waals surface area (Å²) in [5, 5.41) is 14.9. The Labute approximate surface area is 83.6 Å². The molecule has 0 amide bonds. The van der Waals surface area contributed by atoms with Gasteiger partial charge in [0.1, 0.15) is 5.56 Å². The first-order valence-corrected chi connectivity index (χ1v) is 4.15. The first-order chi connectivity index (χ1) is 7.20. The van der Waals surface area contributed by atoms with E-state index in [2.05, 4.69) is 15.2 Å². The molecule has 0 saturated heterocycles. The SMILES string of the molecule is O=C(O)c1c[nH]nc(-c2ccc[nH]2)c1=O. The molecule has 2 aromatic rings. The number of carboxylic acid groups (broad SMARTS) is 1. The van der Waals surface area contributed by atoms with Crippen LogP contribution in [0.3, 0.4) is 0 Å². The van der Waals surface area contributed by atoms with Crippen molar-refractivity contribution in [1.29, 1.82) is 0 Å². The molecule has 2 rings (SSSR count). The van der Waals surface area contributed by atoms with Crippen molar-refractivity contribution in [2.24, 2.45) is 0 Å². The summed E-state index contributed by atoms with van der Waals surface area (Å²) in [6.45, 7) is 0. The molecule has 0 fully saturated rings. The van der Waals surface area contributed by atoms with Crippen LogP contribution in [-0.2, 0) is 0 Å². The molecule has 0 spiro atoms. The van der Waals surface area contributed by atoms with Crippen LogP contribution < -0.4 is 5.43 Å². The molecule has 6 nitrogen and oxygen atoms in total. The van der Waals surface area contributed by atoms with Crippen molar-refractivity contribution in [3.05, 3.63) is 40.3 Å². The fraction of sp³-hybridized carbons (Fsp3) is 0. The lowest BCUT2D eigenvalue weighted by Crippen LogP contribution is -2.18. The highest BCUT2D eigenvalue weighted by Gasteiger charge is 2.14. The van der Waals surface area contributed by atoms with Crippen LogP contribution >= 0.6 is 0 Å². The third kappa shape index (κ3) is 1.52. The molecule has 0 aliphatic carbocycles. The van der Waals surface area contributed by atoms with E-state index in [9.17, 15) is 9.59 Å². The minimum atomic E-state index is -1.27. The fourth-order valence-corrected chi connectivity index (χ4v) is 1.22. The number of nitrogens with zero attached hydrogens (tertiary/aromatic N) is 1. The van der Waals surface area contributed by atoms with Crippen molar-refractivity contribution in [1.82, 2.24) is 15.2 Å². The van der Waals surface area contributed by atoms with Crippen LogP contribution in [0.15, 0.2) is 29.3 Å². The topological polar surface area (TPSA) is 98.8 Å². The predicted octanol–water partition coefficient (Wildman–Crippen LogP) is 0.463. The molecule has 76 valence electrons. The van der Waals surface area contributed by atoms with Gasteiger partial charge in [-0.15, -0.1) is 0 Å². The fourth-order valence-electron chi connectivity index (χ4n) is 1.22. The Balaban J connectivity index is 2.65. The Morgan fingerprint density at radius 1 is 1.47 bits per heavy atom. The number of hydrogen-bond donors (Lipinski definition) is 3. The van der Waals surface area contributed by atoms with Crippen LogP contribution in [0.5, 0.6) is 0 Å². The van der Waals surface area contributed by atoms with Gasteiger partial charge >= 0.3 is 5.97 Å². The van der Waals surface area contributed by atoms with Crippen molar-refractivity contribution in [3.63, 3.8) is 0 Å². The first kappa shape index (κ1) is 9.20. The molecular formula is C9H7N3O3. The van der Waals surface area contributed by atoms with Gasteiger partial charge in [-0.3, -0.25) is 9.89 Å². The van der Waals surface area contributed by atoms with Crippen LogP contribution in [-0.4, -0.2) is 26.3 Å². The number of carboxylic acids is 1. The summed E-state index contributed by atoms with van der Waals surface area (Å²) in [5.41, 5.74) is -0.377. The maximum absolute atomic E-state index is 11.6. The summed E-state index contributed by atoms with van der Waals surface area (Å²) in [6, 6.07) is 3.34. The number of nitrogens with one attached hydrogen (secondary N) is 2. The van der Waals surface area contributed by atoms with Gasteiger partial charge in [-0.2, -0.15) is 5.10 Å². The first-order valence-electron chi connectivity index (χ1n) is 4.15. The largest absolute Gasteiger partial charge is 0.477 e. The molecule has 3 N–H and O–H groups in total. The third-order valence-electron chi connectivity index (χ3n) is 1.93. The van der Waals surface area contributed by atoms with Gasteiger partial charge in [-0.25, -0.2) is 4.79 Å². The normalized spacial score (nSPS) is 10.1. The molecule has 0 radical (unpaired) electrons. The lowest BCUT2D eigenvalue weighted by Gasteiger charge is -1.97. The van der Waals surface area contributed by atoms with Gasteiger partial charge in [0.25, 0.3) is 0 Å². The Morgan fingerprint density at radius 3 is 2.87 bits per heavy atom. The van der Waals surface area contributed by atoms with E-state index in [0.29, 0.717) is 5.69 Å². The third-order valence-corrected chi connectivity index (χ3v) is 1.93. The number of rotatable bonds is 2. The van der Waals surface area contributed by atoms with Gasteiger partial charge in [0.05, 0.1) is 5.69 Å². The van der Waals surface area contributed by atoms with E-state index in [4.69, 9.17) is 5.11 Å². The van der Waals surface area contributed by atoms with E-state index in [-0.39, 0.29) is 11.3 Å². The monoisotopic (exact) mass is 205 g/mol. The number of H-pyrrole nitrogens is 2. The molecule has 0 saturated carbocycles. The summed E-state index contributed by atoms with van der Waals surface area (Å²) in [7, 11) is 0. The Kier molecular flexibility index (Phi) is 2.09. The van der Waals surface area contributed by atoms with Crippen LogP contribution in [0.1, 0.15) is 10.4 Å². The molecule has 0 atom stereocenters. The molecule has 0 aliphatic rings. The van der Waals surface area contributed by atoms with Gasteiger partial charge in [0, 0.05) is 12.4 Å². The summed E-state index contributed by atoms with van der Waals surface area (Å²) in [5.74, 6) is -1.27. The molecule has 0 aliphatic heterocycles. The van der Waals surface area contributed by atoms with Gasteiger partial charge in [0.15, 0.2) is 5.69 Å². The van der Waals surface area contributed by atoms with E-state index in [1.807, 2.05) is 0 Å². The van der Waals surface area contributed by atoms with Crippen molar-refractivity contribution < 1.29 is 9.90 Å². The smallest absolute Gasteiger partial charge is 0.341 e. The maximum Gasteiger partial charge on any atom is 0.341 e. The predicted molar refractivity (Wildman–Crippen MR) is 51.6 cm³/mol. The van der Waals surface area contributed by atoms with E-state index < -0.39 is 11.4 Å². The average Bonchev–Trinajstić information content (AvgIpc) is 2.70. The molecule has 6 heteroatoms. The second kappa shape index (κ2) is 3.41. The minimum Gasteiger partial charge on any atom is -0.477 e. The zero-order valence-electron chi connectivity index (χ0n) is 7.52. The van der Waals surface area contributed by atoms with Crippen LogP contribution in [0.4, 0.5) is 0 Å². The standard InChI is InChI=1S/C9H7N3O3/c13-8-5(9(14)15)4-11-12-7(8)6-2-1-3-10-6/h1-4,10H,(H,11,13)(H,14,15). The molecule has 0 aromatic carbocycles. The van der Waals surface area contributed by atoms with Crippen molar-refractivity contribution in [3.8, 4) is 11.4 Å². The maximum atomic E-state index is 11.6. The molecule has 0 unspecified atom stereocenters. The van der Waals surface area contributed by atoms with Gasteiger partial charge in [0.2, 0.25) is 5.43 Å². The van der Waals surface area contributed by atoms with Gasteiger partial charge < -0.3 is 10.1 Å². The number of aromatic nitrogens is 3. The Morgan fingerprint density at radius 2 is 2.27 bits per heavy atom. The minimum absolute atomic E-state index is 0.0694. The lowest BCUT2D eigenvalue weighted by atomic mass is 10.2. The summed E-state index contributed by atoms with van der Waals surface area (Å²) in [4.78, 5) is 25.1. The zero-order chi connectivity index (χ0) is 10.8. The highest BCUT2D eigenvalue weighted by molar-refractivity contribution is 5.88. The number of hydrogen-bond acceptors (Lipinski definition) is 3. The highest BCUT2D eigenvalue weighted by Crippen LogP contribution is 2.08. The quantitative estimate of drug-likeness (QED) is 0.663. The van der Waals surface area contributed by atoms with Crippen molar-refractivity contribution in [2.45, 2.75) is 0 Å². The van der Waals surface area contributed by atoms with Crippen molar-refractivity contribution in [2.75, 3.05) is 0 Å². The van der Waals surface area contributed by atoms with E-state index >= 15 is 0 Å². The van der Waals surface area contributed by atoms with Gasteiger partial charge in [-0.1, -0.05) is 0 Å². The van der Waals surface area contributed by atoms with Gasteiger partial charge in [-0.05, 0) is 12.1 Å². The van der Waals surface area contributed by atoms with Crippen LogP contribution in [0.25, 0.3) is 11.4 Å². The molecular weight excluding hydrogens is 198 g/mol. The van der Waals surface area contributed by atoms with Crippen molar-refractivity contribution >= 4 is 5.97 Å². The van der Waals surface area contributed by atoms with E-state index in [1.165, 1.54) is 0 Å². The molecule has 2 heterocycles.